The van der Waals surface area contributed by atoms with E-state index >= 15 is 0 Å². The number of Topliss-reactive ketones (excluding diaryl/α,β-unsaturated/α-hetero) is 1. The summed E-state index contributed by atoms with van der Waals surface area (Å²) in [4.78, 5) is 27.4. The van der Waals surface area contributed by atoms with Crippen molar-refractivity contribution in [3.8, 4) is 11.5 Å². The van der Waals surface area contributed by atoms with Gasteiger partial charge in [-0.3, -0.25) is 9.59 Å². The van der Waals surface area contributed by atoms with Gasteiger partial charge in [0.2, 0.25) is 0 Å². The van der Waals surface area contributed by atoms with Crippen LogP contribution in [0, 0.1) is 0 Å². The van der Waals surface area contributed by atoms with Gasteiger partial charge in [0.25, 0.3) is 11.7 Å². The Labute approximate surface area is 202 Å². The van der Waals surface area contributed by atoms with E-state index in [1.165, 1.54) is 31.3 Å². The summed E-state index contributed by atoms with van der Waals surface area (Å²) in [6, 6.07) is 8.99. The number of methoxy groups -OCH3 is 2. The molecule has 33 heavy (non-hydrogen) atoms. The summed E-state index contributed by atoms with van der Waals surface area (Å²) in [6.07, 6.45) is -0.0410. The van der Waals surface area contributed by atoms with Crippen LogP contribution in [0.15, 0.2) is 42.0 Å². The number of aliphatic hydroxyl groups excluding tert-OH is 1. The lowest BCUT2D eigenvalue weighted by Crippen LogP contribution is -2.33. The Bertz CT molecular complexity index is 1080. The Morgan fingerprint density at radius 1 is 1.09 bits per heavy atom. The third-order valence-corrected chi connectivity index (χ3v) is 5.77. The van der Waals surface area contributed by atoms with Gasteiger partial charge in [-0.1, -0.05) is 35.3 Å². The van der Waals surface area contributed by atoms with Gasteiger partial charge in [-0.05, 0) is 43.7 Å². The van der Waals surface area contributed by atoms with E-state index in [2.05, 4.69) is 0 Å². The molecule has 1 fully saturated rings. The Morgan fingerprint density at radius 3 is 2.33 bits per heavy atom. The Morgan fingerprint density at radius 2 is 1.76 bits per heavy atom. The van der Waals surface area contributed by atoms with Gasteiger partial charge in [0.15, 0.2) is 5.75 Å². The second kappa shape index (κ2) is 10.5. The van der Waals surface area contributed by atoms with Crippen molar-refractivity contribution in [1.82, 2.24) is 4.90 Å². The van der Waals surface area contributed by atoms with Crippen LogP contribution in [0.3, 0.4) is 0 Å². The summed E-state index contributed by atoms with van der Waals surface area (Å²) in [6.45, 7) is 4.15. The number of carbonyl (C=O) groups is 2. The number of halogens is 2. The van der Waals surface area contributed by atoms with Crippen molar-refractivity contribution < 1.29 is 28.9 Å². The molecule has 2 aromatic rings. The summed E-state index contributed by atoms with van der Waals surface area (Å²) in [5, 5.41) is 11.5. The quantitative estimate of drug-likeness (QED) is 0.321. The van der Waals surface area contributed by atoms with E-state index in [0.717, 1.165) is 0 Å². The van der Waals surface area contributed by atoms with Crippen LogP contribution in [0.5, 0.6) is 11.5 Å². The number of likely N-dealkylation sites (tertiary alicyclic amines) is 1. The molecule has 3 rings (SSSR count). The standard InChI is InChI=1S/C24H25Cl2NO6/c1-13(2)33-9-8-27-20(14-6-5-7-16(10-14)31-3)19(22(29)24(27)30)21(28)15-11-17(25)23(32-4)18(26)12-15/h5-7,10-13,20,28H,8-9H2,1-4H3/b21-19+. The third-order valence-electron chi connectivity index (χ3n) is 5.21. The zero-order chi connectivity index (χ0) is 24.3. The monoisotopic (exact) mass is 493 g/mol. The van der Waals surface area contributed by atoms with Gasteiger partial charge in [-0.2, -0.15) is 0 Å². The van der Waals surface area contributed by atoms with E-state index in [4.69, 9.17) is 37.4 Å². The fraction of sp³-hybridized carbons (Fsp3) is 0.333. The molecule has 176 valence electrons. The van der Waals surface area contributed by atoms with Crippen molar-refractivity contribution in [3.05, 3.63) is 63.1 Å². The molecule has 1 N–H and O–H groups in total. The normalized spacial score (nSPS) is 17.7. The highest BCUT2D eigenvalue weighted by Gasteiger charge is 2.46. The molecule has 2 aromatic carbocycles. The largest absolute Gasteiger partial charge is 0.507 e. The molecule has 1 aliphatic heterocycles. The average molecular weight is 494 g/mol. The zero-order valence-corrected chi connectivity index (χ0v) is 20.2. The van der Waals surface area contributed by atoms with E-state index in [9.17, 15) is 14.7 Å². The lowest BCUT2D eigenvalue weighted by atomic mass is 9.95. The first kappa shape index (κ1) is 24.9. The van der Waals surface area contributed by atoms with Crippen LogP contribution in [0.1, 0.15) is 31.0 Å². The molecule has 0 bridgehead atoms. The topological polar surface area (TPSA) is 85.3 Å². The van der Waals surface area contributed by atoms with Crippen LogP contribution in [-0.2, 0) is 14.3 Å². The molecule has 1 saturated heterocycles. The van der Waals surface area contributed by atoms with Gasteiger partial charge in [0.1, 0.15) is 11.5 Å². The molecule has 0 radical (unpaired) electrons. The van der Waals surface area contributed by atoms with Crippen molar-refractivity contribution in [1.29, 1.82) is 0 Å². The van der Waals surface area contributed by atoms with E-state index < -0.39 is 17.7 Å². The predicted molar refractivity (Wildman–Crippen MR) is 126 cm³/mol. The van der Waals surface area contributed by atoms with Crippen LogP contribution in [0.4, 0.5) is 0 Å². The zero-order valence-electron chi connectivity index (χ0n) is 18.7. The van der Waals surface area contributed by atoms with Gasteiger partial charge in [0.05, 0.1) is 48.6 Å². The summed E-state index contributed by atoms with van der Waals surface area (Å²) >= 11 is 12.5. The number of ketones is 1. The van der Waals surface area contributed by atoms with Gasteiger partial charge < -0.3 is 24.2 Å². The second-order valence-electron chi connectivity index (χ2n) is 7.66. The number of hydrogen-bond acceptors (Lipinski definition) is 6. The van der Waals surface area contributed by atoms with E-state index in [-0.39, 0.29) is 51.9 Å². The number of rotatable bonds is 8. The van der Waals surface area contributed by atoms with E-state index in [1.807, 2.05) is 13.8 Å². The van der Waals surface area contributed by atoms with Crippen LogP contribution in [0.2, 0.25) is 10.0 Å². The summed E-state index contributed by atoms with van der Waals surface area (Å²) in [5.41, 5.74) is 0.718. The number of aliphatic hydroxyl groups is 1. The molecule has 1 aliphatic rings. The van der Waals surface area contributed by atoms with Gasteiger partial charge in [-0.15, -0.1) is 0 Å². The molecular formula is C24H25Cl2NO6. The van der Waals surface area contributed by atoms with Crippen molar-refractivity contribution in [2.75, 3.05) is 27.4 Å². The molecule has 0 spiro atoms. The number of nitrogens with zero attached hydrogens (tertiary/aromatic N) is 1. The molecular weight excluding hydrogens is 469 g/mol. The Balaban J connectivity index is 2.16. The predicted octanol–water partition coefficient (Wildman–Crippen LogP) is 4.86. The summed E-state index contributed by atoms with van der Waals surface area (Å²) in [7, 11) is 2.94. The lowest BCUT2D eigenvalue weighted by molar-refractivity contribution is -0.140. The molecule has 0 saturated carbocycles. The molecule has 1 atom stereocenters. The second-order valence-corrected chi connectivity index (χ2v) is 8.48. The van der Waals surface area contributed by atoms with E-state index in [0.29, 0.717) is 11.3 Å². The molecule has 0 aromatic heterocycles. The molecule has 9 heteroatoms. The smallest absolute Gasteiger partial charge is 0.295 e. The minimum absolute atomic E-state index is 0.0410. The van der Waals surface area contributed by atoms with Crippen molar-refractivity contribution in [2.24, 2.45) is 0 Å². The molecule has 1 amide bonds. The number of ether oxygens (including phenoxy) is 3. The number of carbonyl (C=O) groups excluding carboxylic acids is 2. The van der Waals surface area contributed by atoms with Crippen LogP contribution in [0.25, 0.3) is 5.76 Å². The highest BCUT2D eigenvalue weighted by Crippen LogP contribution is 2.42. The maximum absolute atomic E-state index is 13.1. The number of amides is 1. The maximum Gasteiger partial charge on any atom is 0.295 e. The third kappa shape index (κ3) is 5.11. The SMILES string of the molecule is COc1cccc(C2/C(=C(\O)c3cc(Cl)c(OC)c(Cl)c3)C(=O)C(=O)N2CCOC(C)C)c1. The Hall–Kier alpha value is -2.74. The molecule has 7 nitrogen and oxygen atoms in total. The Kier molecular flexibility index (Phi) is 7.89. The van der Waals surface area contributed by atoms with Crippen LogP contribution >= 0.6 is 23.2 Å². The lowest BCUT2D eigenvalue weighted by Gasteiger charge is -2.26. The first-order valence-electron chi connectivity index (χ1n) is 10.3. The first-order chi connectivity index (χ1) is 15.7. The number of hydrogen-bond donors (Lipinski definition) is 1. The fourth-order valence-electron chi connectivity index (χ4n) is 3.70. The van der Waals surface area contributed by atoms with Crippen LogP contribution in [-0.4, -0.2) is 55.2 Å². The van der Waals surface area contributed by atoms with Crippen molar-refractivity contribution >= 4 is 40.7 Å². The maximum atomic E-state index is 13.1. The van der Waals surface area contributed by atoms with Crippen molar-refractivity contribution in [3.63, 3.8) is 0 Å². The number of benzene rings is 2. The molecule has 1 heterocycles. The van der Waals surface area contributed by atoms with E-state index in [1.54, 1.807) is 24.3 Å². The highest BCUT2D eigenvalue weighted by atomic mass is 35.5. The average Bonchev–Trinajstić information content (AvgIpc) is 3.03. The first-order valence-corrected chi connectivity index (χ1v) is 11.0. The van der Waals surface area contributed by atoms with Gasteiger partial charge in [-0.25, -0.2) is 0 Å². The van der Waals surface area contributed by atoms with Gasteiger partial charge >= 0.3 is 0 Å². The van der Waals surface area contributed by atoms with Crippen LogP contribution < -0.4 is 9.47 Å². The fourth-order valence-corrected chi connectivity index (χ4v) is 4.34. The molecule has 1 unspecified atom stereocenters. The minimum atomic E-state index is -0.851. The van der Waals surface area contributed by atoms with Crippen molar-refractivity contribution in [2.45, 2.75) is 26.0 Å². The highest BCUT2D eigenvalue weighted by molar-refractivity contribution is 6.46. The van der Waals surface area contributed by atoms with Gasteiger partial charge in [0, 0.05) is 12.1 Å². The minimum Gasteiger partial charge on any atom is -0.507 e. The molecule has 0 aliphatic carbocycles. The summed E-state index contributed by atoms with van der Waals surface area (Å²) in [5.74, 6) is -1.15. The summed E-state index contributed by atoms with van der Waals surface area (Å²) < 4.78 is 16.1.